The molecule has 3 rings (SSSR count). The summed E-state index contributed by atoms with van der Waals surface area (Å²) in [6.07, 6.45) is 4.32. The molecule has 5 heteroatoms. The summed E-state index contributed by atoms with van der Waals surface area (Å²) in [6.45, 7) is 8.15. The molecule has 5 nitrogen and oxygen atoms in total. The van der Waals surface area contributed by atoms with Crippen LogP contribution in [0.1, 0.15) is 54.9 Å². The molecule has 0 aromatic heterocycles. The van der Waals surface area contributed by atoms with Gasteiger partial charge in [0.1, 0.15) is 11.8 Å². The molecule has 166 valence electrons. The fourth-order valence-electron chi connectivity index (χ4n) is 3.90. The van der Waals surface area contributed by atoms with Crippen LogP contribution in [0.15, 0.2) is 42.5 Å². The largest absolute Gasteiger partial charge is 0.484 e. The Morgan fingerprint density at radius 3 is 2.35 bits per heavy atom. The van der Waals surface area contributed by atoms with Crippen LogP contribution in [-0.4, -0.2) is 35.4 Å². The smallest absolute Gasteiger partial charge is 0.261 e. The maximum absolute atomic E-state index is 13.1. The molecule has 0 aliphatic heterocycles. The van der Waals surface area contributed by atoms with Crippen molar-refractivity contribution in [3.63, 3.8) is 0 Å². The summed E-state index contributed by atoms with van der Waals surface area (Å²) in [5.74, 6) is 0.362. The highest BCUT2D eigenvalue weighted by atomic mass is 16.5. The van der Waals surface area contributed by atoms with E-state index in [1.54, 1.807) is 11.8 Å². The van der Waals surface area contributed by atoms with Crippen molar-refractivity contribution >= 4 is 11.8 Å². The Labute approximate surface area is 185 Å². The van der Waals surface area contributed by atoms with E-state index in [4.69, 9.17) is 4.74 Å². The van der Waals surface area contributed by atoms with E-state index in [1.165, 1.54) is 5.56 Å². The molecule has 0 spiro atoms. The predicted octanol–water partition coefficient (Wildman–Crippen LogP) is 4.47. The maximum Gasteiger partial charge on any atom is 0.261 e. The molecule has 1 atom stereocenters. The van der Waals surface area contributed by atoms with E-state index in [2.05, 4.69) is 5.32 Å². The normalized spacial score (nSPS) is 14.8. The minimum absolute atomic E-state index is 0.0986. The number of benzene rings is 2. The summed E-state index contributed by atoms with van der Waals surface area (Å²) in [4.78, 5) is 27.7. The lowest BCUT2D eigenvalue weighted by Crippen LogP contribution is -2.50. The number of nitrogens with zero attached hydrogens (tertiary/aromatic N) is 1. The molecule has 2 aromatic rings. The molecule has 1 N–H and O–H groups in total. The maximum atomic E-state index is 13.1. The van der Waals surface area contributed by atoms with Gasteiger partial charge in [-0.15, -0.1) is 0 Å². The third kappa shape index (κ3) is 6.33. The third-order valence-electron chi connectivity index (χ3n) is 6.18. The quantitative estimate of drug-likeness (QED) is 0.683. The fraction of sp³-hybridized carbons (Fsp3) is 0.462. The average molecular weight is 423 g/mol. The minimum atomic E-state index is -0.572. The minimum Gasteiger partial charge on any atom is -0.484 e. The van der Waals surface area contributed by atoms with Crippen molar-refractivity contribution in [1.29, 1.82) is 0 Å². The first-order chi connectivity index (χ1) is 14.8. The van der Waals surface area contributed by atoms with Crippen molar-refractivity contribution in [3.8, 4) is 5.75 Å². The van der Waals surface area contributed by atoms with Gasteiger partial charge in [0.2, 0.25) is 5.91 Å². The Bertz CT molecular complexity index is 901. The summed E-state index contributed by atoms with van der Waals surface area (Å²) in [6, 6.07) is 13.5. The molecule has 31 heavy (non-hydrogen) atoms. The van der Waals surface area contributed by atoms with Crippen molar-refractivity contribution in [3.05, 3.63) is 64.7 Å². The lowest BCUT2D eigenvalue weighted by Gasteiger charge is -2.29. The van der Waals surface area contributed by atoms with Gasteiger partial charge in [-0.1, -0.05) is 48.7 Å². The molecular weight excluding hydrogens is 388 g/mol. The second-order valence-electron chi connectivity index (χ2n) is 8.71. The predicted molar refractivity (Wildman–Crippen MR) is 123 cm³/mol. The molecule has 2 amide bonds. The van der Waals surface area contributed by atoms with Gasteiger partial charge < -0.3 is 15.0 Å². The van der Waals surface area contributed by atoms with Crippen LogP contribution in [0.25, 0.3) is 0 Å². The van der Waals surface area contributed by atoms with Gasteiger partial charge in [0, 0.05) is 12.6 Å². The van der Waals surface area contributed by atoms with Crippen LogP contribution in [0.3, 0.4) is 0 Å². The Balaban J connectivity index is 1.71. The van der Waals surface area contributed by atoms with Gasteiger partial charge in [0.15, 0.2) is 6.61 Å². The van der Waals surface area contributed by atoms with E-state index in [-0.39, 0.29) is 24.5 Å². The van der Waals surface area contributed by atoms with Crippen molar-refractivity contribution < 1.29 is 14.3 Å². The first-order valence-electron chi connectivity index (χ1n) is 11.2. The summed E-state index contributed by atoms with van der Waals surface area (Å²) in [7, 11) is 0. The number of rotatable bonds is 8. The number of carbonyl (C=O) groups excluding carboxylic acids is 2. The SMILES string of the molecule is Cc1ccc(CN(C(=O)COc2ccc(C)c(C)c2)[C@@H](C)C(=O)NC2CCCC2)cc1. The van der Waals surface area contributed by atoms with Gasteiger partial charge in [0.25, 0.3) is 5.91 Å². The summed E-state index contributed by atoms with van der Waals surface area (Å²) >= 11 is 0. The highest BCUT2D eigenvalue weighted by Crippen LogP contribution is 2.19. The van der Waals surface area contributed by atoms with Crippen LogP contribution >= 0.6 is 0 Å². The lowest BCUT2D eigenvalue weighted by molar-refractivity contribution is -0.142. The highest BCUT2D eigenvalue weighted by Gasteiger charge is 2.28. The zero-order chi connectivity index (χ0) is 22.4. The van der Waals surface area contributed by atoms with Gasteiger partial charge in [-0.3, -0.25) is 9.59 Å². The molecule has 1 fully saturated rings. The van der Waals surface area contributed by atoms with Crippen LogP contribution in [0.5, 0.6) is 5.75 Å². The van der Waals surface area contributed by atoms with E-state index in [9.17, 15) is 9.59 Å². The summed E-state index contributed by atoms with van der Waals surface area (Å²) in [5, 5.41) is 3.12. The number of hydrogen-bond acceptors (Lipinski definition) is 3. The van der Waals surface area contributed by atoms with Gasteiger partial charge >= 0.3 is 0 Å². The van der Waals surface area contributed by atoms with E-state index >= 15 is 0 Å². The Morgan fingerprint density at radius 1 is 1.03 bits per heavy atom. The van der Waals surface area contributed by atoms with Crippen LogP contribution < -0.4 is 10.1 Å². The zero-order valence-corrected chi connectivity index (χ0v) is 19.1. The molecular formula is C26H34N2O3. The van der Waals surface area contributed by atoms with Crippen LogP contribution in [-0.2, 0) is 16.1 Å². The van der Waals surface area contributed by atoms with E-state index < -0.39 is 6.04 Å². The number of carbonyl (C=O) groups is 2. The number of amides is 2. The van der Waals surface area contributed by atoms with Crippen LogP contribution in [0.4, 0.5) is 0 Å². The molecule has 1 saturated carbocycles. The Morgan fingerprint density at radius 2 is 1.71 bits per heavy atom. The Hall–Kier alpha value is -2.82. The molecule has 1 aliphatic carbocycles. The van der Waals surface area contributed by atoms with Gasteiger partial charge in [-0.2, -0.15) is 0 Å². The van der Waals surface area contributed by atoms with Crippen molar-refractivity contribution in [1.82, 2.24) is 10.2 Å². The average Bonchev–Trinajstić information content (AvgIpc) is 3.26. The van der Waals surface area contributed by atoms with Gasteiger partial charge in [0.05, 0.1) is 0 Å². The van der Waals surface area contributed by atoms with E-state index in [0.717, 1.165) is 42.4 Å². The first kappa shape index (κ1) is 22.9. The highest BCUT2D eigenvalue weighted by molar-refractivity contribution is 5.88. The Kier molecular flexibility index (Phi) is 7.72. The topological polar surface area (TPSA) is 58.6 Å². The van der Waals surface area contributed by atoms with Crippen molar-refractivity contribution in [2.24, 2.45) is 0 Å². The van der Waals surface area contributed by atoms with Crippen LogP contribution in [0.2, 0.25) is 0 Å². The monoisotopic (exact) mass is 422 g/mol. The second kappa shape index (κ2) is 10.5. The molecule has 0 radical (unpaired) electrons. The molecule has 2 aromatic carbocycles. The van der Waals surface area contributed by atoms with E-state index in [0.29, 0.717) is 12.3 Å². The molecule has 0 bridgehead atoms. The van der Waals surface area contributed by atoms with Gasteiger partial charge in [-0.25, -0.2) is 0 Å². The third-order valence-corrected chi connectivity index (χ3v) is 6.18. The zero-order valence-electron chi connectivity index (χ0n) is 19.1. The van der Waals surface area contributed by atoms with E-state index in [1.807, 2.05) is 63.2 Å². The number of hydrogen-bond donors (Lipinski definition) is 1. The summed E-state index contributed by atoms with van der Waals surface area (Å²) in [5.41, 5.74) is 4.44. The van der Waals surface area contributed by atoms with Crippen LogP contribution in [0, 0.1) is 20.8 Å². The second-order valence-corrected chi connectivity index (χ2v) is 8.71. The fourth-order valence-corrected chi connectivity index (χ4v) is 3.90. The number of nitrogens with one attached hydrogen (secondary N) is 1. The first-order valence-corrected chi connectivity index (χ1v) is 11.2. The lowest BCUT2D eigenvalue weighted by atomic mass is 10.1. The molecule has 0 unspecified atom stereocenters. The number of aryl methyl sites for hydroxylation is 3. The van der Waals surface area contributed by atoms with Crippen molar-refractivity contribution in [2.75, 3.05) is 6.61 Å². The number of ether oxygens (including phenoxy) is 1. The van der Waals surface area contributed by atoms with Crippen molar-refractivity contribution in [2.45, 2.75) is 72.0 Å². The molecule has 1 aliphatic rings. The standard InChI is InChI=1S/C26H34N2O3/c1-18-9-12-22(13-10-18)16-28(21(4)26(30)27-23-7-5-6-8-23)25(29)17-31-24-14-11-19(2)20(3)15-24/h9-15,21,23H,5-8,16-17H2,1-4H3,(H,27,30)/t21-/m0/s1. The summed E-state index contributed by atoms with van der Waals surface area (Å²) < 4.78 is 5.78. The van der Waals surface area contributed by atoms with Gasteiger partial charge in [-0.05, 0) is 69.4 Å². The molecule has 0 saturated heterocycles. The molecule has 0 heterocycles.